The third-order valence-electron chi connectivity index (χ3n) is 5.22. The average molecular weight is 302 g/mol. The van der Waals surface area contributed by atoms with Crippen molar-refractivity contribution in [1.29, 1.82) is 0 Å². The van der Waals surface area contributed by atoms with E-state index in [2.05, 4.69) is 17.1 Å². The number of piperidine rings is 2. The van der Waals surface area contributed by atoms with Gasteiger partial charge in [0, 0.05) is 24.7 Å². The zero-order chi connectivity index (χ0) is 15.7. The summed E-state index contributed by atoms with van der Waals surface area (Å²) in [6.45, 7) is 5.29. The Hall–Kier alpha value is -1.55. The lowest BCUT2D eigenvalue weighted by Crippen LogP contribution is -2.54. The largest absolute Gasteiger partial charge is 0.507 e. The first-order chi connectivity index (χ1) is 10.5. The molecule has 4 nitrogen and oxygen atoms in total. The van der Waals surface area contributed by atoms with E-state index in [4.69, 9.17) is 0 Å². The van der Waals surface area contributed by atoms with Gasteiger partial charge in [0.25, 0.3) is 5.91 Å². The second-order valence-electron chi connectivity index (χ2n) is 6.89. The highest BCUT2D eigenvalue weighted by Crippen LogP contribution is 2.30. The number of phenolic OH excluding ortho intramolecular Hbond substituents is 1. The van der Waals surface area contributed by atoms with E-state index in [1.54, 1.807) is 12.1 Å². The zero-order valence-electron chi connectivity index (χ0n) is 13.5. The molecule has 0 spiro atoms. The number of hydrogen-bond donors (Lipinski definition) is 2. The number of carbonyl (C=O) groups excluding carboxylic acids is 1. The maximum atomic E-state index is 12.4. The Balaban J connectivity index is 1.63. The highest BCUT2D eigenvalue weighted by molar-refractivity contribution is 5.97. The fourth-order valence-corrected chi connectivity index (χ4v) is 3.98. The van der Waals surface area contributed by atoms with Gasteiger partial charge in [0.1, 0.15) is 5.75 Å². The molecule has 0 unspecified atom stereocenters. The Kier molecular flexibility index (Phi) is 4.39. The van der Waals surface area contributed by atoms with Crippen LogP contribution in [-0.2, 0) is 0 Å². The SMILES string of the molecule is Cc1ccc(C(=O)N[C@H]2CCN3[C@H](CCC[C@H]3C)C2)c(O)c1. The van der Waals surface area contributed by atoms with Crippen LogP contribution in [0, 0.1) is 6.92 Å². The number of phenols is 1. The van der Waals surface area contributed by atoms with Crippen molar-refractivity contribution in [2.24, 2.45) is 0 Å². The number of benzene rings is 1. The van der Waals surface area contributed by atoms with Crippen molar-refractivity contribution in [2.45, 2.75) is 64.1 Å². The molecule has 3 rings (SSSR count). The highest BCUT2D eigenvalue weighted by atomic mass is 16.3. The minimum Gasteiger partial charge on any atom is -0.507 e. The third-order valence-corrected chi connectivity index (χ3v) is 5.22. The lowest BCUT2D eigenvalue weighted by atomic mass is 9.87. The molecule has 2 fully saturated rings. The number of fused-ring (bicyclic) bond motifs is 1. The molecule has 4 heteroatoms. The Morgan fingerprint density at radius 2 is 2.14 bits per heavy atom. The Morgan fingerprint density at radius 3 is 2.91 bits per heavy atom. The van der Waals surface area contributed by atoms with Crippen LogP contribution in [0.15, 0.2) is 18.2 Å². The molecule has 2 N–H and O–H groups in total. The van der Waals surface area contributed by atoms with E-state index in [9.17, 15) is 9.90 Å². The minimum absolute atomic E-state index is 0.0706. The lowest BCUT2D eigenvalue weighted by molar-refractivity contribution is 0.0457. The molecular weight excluding hydrogens is 276 g/mol. The Labute approximate surface area is 132 Å². The van der Waals surface area contributed by atoms with Gasteiger partial charge in [-0.2, -0.15) is 0 Å². The number of aryl methyl sites for hydroxylation is 1. The highest BCUT2D eigenvalue weighted by Gasteiger charge is 2.34. The van der Waals surface area contributed by atoms with Crippen molar-refractivity contribution in [2.75, 3.05) is 6.54 Å². The molecule has 1 aromatic rings. The molecule has 0 aromatic heterocycles. The molecule has 1 amide bonds. The van der Waals surface area contributed by atoms with Crippen molar-refractivity contribution >= 4 is 5.91 Å². The summed E-state index contributed by atoms with van der Waals surface area (Å²) in [5.41, 5.74) is 1.34. The summed E-state index contributed by atoms with van der Waals surface area (Å²) in [6, 6.07) is 6.71. The molecule has 2 aliphatic rings. The van der Waals surface area contributed by atoms with E-state index >= 15 is 0 Å². The monoisotopic (exact) mass is 302 g/mol. The topological polar surface area (TPSA) is 52.6 Å². The number of hydrogen-bond acceptors (Lipinski definition) is 3. The number of nitrogens with one attached hydrogen (secondary N) is 1. The maximum absolute atomic E-state index is 12.4. The molecule has 2 saturated heterocycles. The molecule has 0 radical (unpaired) electrons. The van der Waals surface area contributed by atoms with Gasteiger partial charge in [0.15, 0.2) is 0 Å². The van der Waals surface area contributed by atoms with Gasteiger partial charge in [-0.05, 0) is 57.2 Å². The number of rotatable bonds is 2. The van der Waals surface area contributed by atoms with E-state index in [0.717, 1.165) is 24.9 Å². The number of aromatic hydroxyl groups is 1. The van der Waals surface area contributed by atoms with Crippen LogP contribution in [0.1, 0.15) is 54.9 Å². The first-order valence-electron chi connectivity index (χ1n) is 8.41. The van der Waals surface area contributed by atoms with Crippen molar-refractivity contribution in [3.63, 3.8) is 0 Å². The van der Waals surface area contributed by atoms with Crippen molar-refractivity contribution < 1.29 is 9.90 Å². The van der Waals surface area contributed by atoms with Gasteiger partial charge in [-0.25, -0.2) is 0 Å². The summed E-state index contributed by atoms with van der Waals surface area (Å²) < 4.78 is 0. The molecule has 2 aliphatic heterocycles. The normalized spacial score (nSPS) is 28.9. The van der Waals surface area contributed by atoms with E-state index in [1.165, 1.54) is 19.3 Å². The van der Waals surface area contributed by atoms with Crippen LogP contribution in [0.5, 0.6) is 5.75 Å². The summed E-state index contributed by atoms with van der Waals surface area (Å²) in [7, 11) is 0. The van der Waals surface area contributed by atoms with Gasteiger partial charge in [0.2, 0.25) is 0 Å². The van der Waals surface area contributed by atoms with Gasteiger partial charge in [-0.1, -0.05) is 12.5 Å². The second-order valence-corrected chi connectivity index (χ2v) is 6.89. The van der Waals surface area contributed by atoms with E-state index < -0.39 is 0 Å². The van der Waals surface area contributed by atoms with E-state index in [0.29, 0.717) is 17.6 Å². The molecule has 0 aliphatic carbocycles. The average Bonchev–Trinajstić information content (AvgIpc) is 2.47. The fourth-order valence-electron chi connectivity index (χ4n) is 3.98. The predicted molar refractivity (Wildman–Crippen MR) is 87.1 cm³/mol. The van der Waals surface area contributed by atoms with E-state index in [1.807, 2.05) is 13.0 Å². The predicted octanol–water partition coefficient (Wildman–Crippen LogP) is 2.84. The Morgan fingerprint density at radius 1 is 1.32 bits per heavy atom. The first kappa shape index (κ1) is 15.3. The van der Waals surface area contributed by atoms with Crippen molar-refractivity contribution in [3.8, 4) is 5.75 Å². The standard InChI is InChI=1S/C18H26N2O2/c1-12-6-7-16(17(21)10-12)18(22)19-14-8-9-20-13(2)4-3-5-15(20)11-14/h6-7,10,13-15,21H,3-5,8-9,11H2,1-2H3,(H,19,22)/t13-,14+,15-/m1/s1. The van der Waals surface area contributed by atoms with Gasteiger partial charge in [-0.15, -0.1) is 0 Å². The molecule has 3 atom stereocenters. The molecule has 0 saturated carbocycles. The quantitative estimate of drug-likeness (QED) is 0.883. The van der Waals surface area contributed by atoms with Crippen LogP contribution in [0.2, 0.25) is 0 Å². The Bertz CT molecular complexity index is 558. The number of carbonyl (C=O) groups is 1. The molecular formula is C18H26N2O2. The fraction of sp³-hybridized carbons (Fsp3) is 0.611. The van der Waals surface area contributed by atoms with Gasteiger partial charge in [-0.3, -0.25) is 9.69 Å². The van der Waals surface area contributed by atoms with Gasteiger partial charge in [0.05, 0.1) is 5.56 Å². The van der Waals surface area contributed by atoms with Crippen LogP contribution in [0.3, 0.4) is 0 Å². The second kappa shape index (κ2) is 6.29. The maximum Gasteiger partial charge on any atom is 0.255 e. The molecule has 2 heterocycles. The van der Waals surface area contributed by atoms with Gasteiger partial charge >= 0.3 is 0 Å². The van der Waals surface area contributed by atoms with Gasteiger partial charge < -0.3 is 10.4 Å². The van der Waals surface area contributed by atoms with Crippen LogP contribution in [-0.4, -0.2) is 40.6 Å². The van der Waals surface area contributed by atoms with Crippen molar-refractivity contribution in [3.05, 3.63) is 29.3 Å². The molecule has 22 heavy (non-hydrogen) atoms. The summed E-state index contributed by atoms with van der Waals surface area (Å²) in [4.78, 5) is 15.0. The zero-order valence-corrected chi connectivity index (χ0v) is 13.5. The van der Waals surface area contributed by atoms with Crippen LogP contribution < -0.4 is 5.32 Å². The van der Waals surface area contributed by atoms with Crippen LogP contribution in [0.4, 0.5) is 0 Å². The lowest BCUT2D eigenvalue weighted by Gasteiger charge is -2.46. The summed E-state index contributed by atoms with van der Waals surface area (Å²) in [5, 5.41) is 13.1. The molecule has 120 valence electrons. The smallest absolute Gasteiger partial charge is 0.255 e. The first-order valence-corrected chi connectivity index (χ1v) is 8.41. The number of amides is 1. The van der Waals surface area contributed by atoms with E-state index in [-0.39, 0.29) is 17.7 Å². The van der Waals surface area contributed by atoms with Crippen molar-refractivity contribution in [1.82, 2.24) is 10.2 Å². The third kappa shape index (κ3) is 3.12. The molecule has 1 aromatic carbocycles. The molecule has 0 bridgehead atoms. The minimum atomic E-state index is -0.153. The summed E-state index contributed by atoms with van der Waals surface area (Å²) >= 11 is 0. The summed E-state index contributed by atoms with van der Waals surface area (Å²) in [5.74, 6) is -0.0824. The van der Waals surface area contributed by atoms with Crippen LogP contribution in [0.25, 0.3) is 0 Å². The van der Waals surface area contributed by atoms with Crippen LogP contribution >= 0.6 is 0 Å². The summed E-state index contributed by atoms with van der Waals surface area (Å²) in [6.07, 6.45) is 5.86. The number of nitrogens with zero attached hydrogens (tertiary/aromatic N) is 1.